The van der Waals surface area contributed by atoms with E-state index in [9.17, 15) is 13.2 Å². The van der Waals surface area contributed by atoms with Crippen molar-refractivity contribution >= 4 is 33.0 Å². The molecule has 0 atom stereocenters. The Kier molecular flexibility index (Phi) is 6.02. The zero-order valence-corrected chi connectivity index (χ0v) is 19.3. The lowest BCUT2D eigenvalue weighted by atomic mass is 10.2. The molecule has 3 aromatic carbocycles. The summed E-state index contributed by atoms with van der Waals surface area (Å²) in [5, 5.41) is 2.98. The second kappa shape index (κ2) is 9.26. The number of amides is 1. The second-order valence-corrected chi connectivity index (χ2v) is 9.84. The summed E-state index contributed by atoms with van der Waals surface area (Å²) < 4.78 is 39.1. The van der Waals surface area contributed by atoms with Gasteiger partial charge in [0.05, 0.1) is 16.3 Å². The highest BCUT2D eigenvalue weighted by Gasteiger charge is 2.20. The fourth-order valence-electron chi connectivity index (χ4n) is 4.10. The number of benzene rings is 3. The molecule has 2 aliphatic rings. The third kappa shape index (κ3) is 4.65. The minimum Gasteiger partial charge on any atom is -0.486 e. The topological polar surface area (TPSA) is 97.0 Å². The Bertz CT molecular complexity index is 1300. The SMILES string of the molecule is O=C(Nc1ccccc1N1CCCC1)c1ccc(NS(=O)(=O)c2ccc3c(c2)OCCO3)cc1. The maximum absolute atomic E-state index is 12.8. The maximum Gasteiger partial charge on any atom is 0.262 e. The van der Waals surface area contributed by atoms with Gasteiger partial charge in [-0.15, -0.1) is 0 Å². The van der Waals surface area contributed by atoms with E-state index < -0.39 is 10.0 Å². The van der Waals surface area contributed by atoms with Crippen LogP contribution in [0.4, 0.5) is 17.1 Å². The Morgan fingerprint density at radius 2 is 1.56 bits per heavy atom. The van der Waals surface area contributed by atoms with E-state index in [-0.39, 0.29) is 10.8 Å². The number of carbonyl (C=O) groups excluding carboxylic acids is 1. The van der Waals surface area contributed by atoms with Crippen molar-refractivity contribution in [2.24, 2.45) is 0 Å². The number of sulfonamides is 1. The maximum atomic E-state index is 12.8. The molecule has 8 nitrogen and oxygen atoms in total. The van der Waals surface area contributed by atoms with E-state index in [0.717, 1.165) is 37.3 Å². The minimum absolute atomic E-state index is 0.0667. The molecule has 1 amide bonds. The molecule has 0 aromatic heterocycles. The summed E-state index contributed by atoms with van der Waals surface area (Å²) in [7, 11) is -3.84. The van der Waals surface area contributed by atoms with Gasteiger partial charge in [-0.2, -0.15) is 0 Å². The van der Waals surface area contributed by atoms with Crippen molar-refractivity contribution in [1.82, 2.24) is 0 Å². The zero-order valence-electron chi connectivity index (χ0n) is 18.5. The van der Waals surface area contributed by atoms with E-state index in [1.807, 2.05) is 24.3 Å². The Morgan fingerprint density at radius 1 is 0.853 bits per heavy atom. The summed E-state index contributed by atoms with van der Waals surface area (Å²) in [6.07, 6.45) is 2.29. The largest absolute Gasteiger partial charge is 0.486 e. The molecule has 0 bridgehead atoms. The summed E-state index contributed by atoms with van der Waals surface area (Å²) >= 11 is 0. The molecule has 34 heavy (non-hydrogen) atoms. The Morgan fingerprint density at radius 3 is 2.32 bits per heavy atom. The lowest BCUT2D eigenvalue weighted by Gasteiger charge is -2.21. The summed E-state index contributed by atoms with van der Waals surface area (Å²) in [6.45, 7) is 2.76. The smallest absolute Gasteiger partial charge is 0.262 e. The lowest BCUT2D eigenvalue weighted by Crippen LogP contribution is -2.21. The number of carbonyl (C=O) groups is 1. The first-order valence-electron chi connectivity index (χ1n) is 11.2. The second-order valence-electron chi connectivity index (χ2n) is 8.15. The Balaban J connectivity index is 1.28. The van der Waals surface area contributed by atoms with Crippen LogP contribution in [0.5, 0.6) is 11.5 Å². The van der Waals surface area contributed by atoms with Crippen LogP contribution in [0, 0.1) is 0 Å². The van der Waals surface area contributed by atoms with E-state index >= 15 is 0 Å². The number of fused-ring (bicyclic) bond motifs is 1. The van der Waals surface area contributed by atoms with Crippen LogP contribution in [0.25, 0.3) is 0 Å². The van der Waals surface area contributed by atoms with Crippen LogP contribution >= 0.6 is 0 Å². The average molecular weight is 480 g/mol. The van der Waals surface area contributed by atoms with Crippen LogP contribution in [0.15, 0.2) is 71.6 Å². The predicted molar refractivity (Wildman–Crippen MR) is 131 cm³/mol. The summed E-state index contributed by atoms with van der Waals surface area (Å²) in [5.41, 5.74) is 2.55. The number of hydrogen-bond donors (Lipinski definition) is 2. The standard InChI is InChI=1S/C25H25N3O5S/c29-25(26-21-5-1-2-6-22(21)28-13-3-4-14-28)18-7-9-19(10-8-18)27-34(30,31)20-11-12-23-24(17-20)33-16-15-32-23/h1-2,5-12,17,27H,3-4,13-16H2,(H,26,29). The number of nitrogens with zero attached hydrogens (tertiary/aromatic N) is 1. The van der Waals surface area contributed by atoms with Crippen LogP contribution in [0.3, 0.4) is 0 Å². The average Bonchev–Trinajstić information content (AvgIpc) is 3.39. The highest BCUT2D eigenvalue weighted by Crippen LogP contribution is 2.33. The first-order valence-corrected chi connectivity index (χ1v) is 12.7. The lowest BCUT2D eigenvalue weighted by molar-refractivity contribution is 0.102. The molecule has 0 aliphatic carbocycles. The van der Waals surface area contributed by atoms with Gasteiger partial charge >= 0.3 is 0 Å². The molecule has 9 heteroatoms. The molecule has 0 radical (unpaired) electrons. The van der Waals surface area contributed by atoms with Crippen molar-refractivity contribution in [3.05, 3.63) is 72.3 Å². The first kappa shape index (κ1) is 22.1. The van der Waals surface area contributed by atoms with Crippen LogP contribution in [-0.2, 0) is 10.0 Å². The number of hydrogen-bond acceptors (Lipinski definition) is 6. The van der Waals surface area contributed by atoms with Gasteiger partial charge in [-0.3, -0.25) is 9.52 Å². The Labute approximate surface area is 198 Å². The molecule has 1 saturated heterocycles. The molecule has 0 spiro atoms. The fraction of sp³-hybridized carbons (Fsp3) is 0.240. The van der Waals surface area contributed by atoms with E-state index in [0.29, 0.717) is 36.0 Å². The molecule has 2 heterocycles. The fourth-order valence-corrected chi connectivity index (χ4v) is 5.18. The van der Waals surface area contributed by atoms with Gasteiger partial charge in [0.2, 0.25) is 0 Å². The first-order chi connectivity index (χ1) is 16.5. The molecule has 2 aliphatic heterocycles. The molecule has 176 valence electrons. The van der Waals surface area contributed by atoms with Gasteiger partial charge < -0.3 is 19.7 Å². The third-order valence-electron chi connectivity index (χ3n) is 5.82. The van der Waals surface area contributed by atoms with Crippen molar-refractivity contribution < 1.29 is 22.7 Å². The molecule has 1 fully saturated rings. The predicted octanol–water partition coefficient (Wildman–Crippen LogP) is 4.11. The number of para-hydroxylation sites is 2. The van der Waals surface area contributed by atoms with Crippen molar-refractivity contribution in [1.29, 1.82) is 0 Å². The van der Waals surface area contributed by atoms with Gasteiger partial charge in [-0.05, 0) is 61.4 Å². The van der Waals surface area contributed by atoms with Crippen LogP contribution < -0.4 is 24.4 Å². The van der Waals surface area contributed by atoms with Crippen molar-refractivity contribution in [2.75, 3.05) is 41.2 Å². The van der Waals surface area contributed by atoms with Crippen molar-refractivity contribution in [2.45, 2.75) is 17.7 Å². The van der Waals surface area contributed by atoms with Gasteiger partial charge in [0.1, 0.15) is 13.2 Å². The number of rotatable bonds is 6. The van der Waals surface area contributed by atoms with Crippen molar-refractivity contribution in [3.8, 4) is 11.5 Å². The Hall–Kier alpha value is -3.72. The highest BCUT2D eigenvalue weighted by molar-refractivity contribution is 7.92. The monoisotopic (exact) mass is 479 g/mol. The molecule has 5 rings (SSSR count). The van der Waals surface area contributed by atoms with Gasteiger partial charge in [0.25, 0.3) is 15.9 Å². The summed E-state index contributed by atoms with van der Waals surface area (Å²) in [5.74, 6) is 0.662. The molecule has 0 saturated carbocycles. The van der Waals surface area contributed by atoms with E-state index in [1.165, 1.54) is 12.1 Å². The van der Waals surface area contributed by atoms with Crippen LogP contribution in [0.2, 0.25) is 0 Å². The molecular formula is C25H25N3O5S. The van der Waals surface area contributed by atoms with Gasteiger partial charge in [-0.1, -0.05) is 12.1 Å². The van der Waals surface area contributed by atoms with E-state index in [1.54, 1.807) is 30.3 Å². The molecule has 2 N–H and O–H groups in total. The molecular weight excluding hydrogens is 454 g/mol. The normalized spacial score (nSPS) is 15.1. The molecule has 0 unspecified atom stereocenters. The zero-order chi connectivity index (χ0) is 23.5. The number of nitrogens with one attached hydrogen (secondary N) is 2. The number of anilines is 3. The van der Waals surface area contributed by atoms with Gasteiger partial charge in [-0.25, -0.2) is 8.42 Å². The van der Waals surface area contributed by atoms with Crippen LogP contribution in [-0.4, -0.2) is 40.6 Å². The quantitative estimate of drug-likeness (QED) is 0.552. The molecule has 3 aromatic rings. The van der Waals surface area contributed by atoms with Gasteiger partial charge in [0, 0.05) is 30.4 Å². The highest BCUT2D eigenvalue weighted by atomic mass is 32.2. The van der Waals surface area contributed by atoms with Crippen molar-refractivity contribution in [3.63, 3.8) is 0 Å². The van der Waals surface area contributed by atoms with E-state index in [2.05, 4.69) is 14.9 Å². The van der Waals surface area contributed by atoms with Gasteiger partial charge in [0.15, 0.2) is 11.5 Å². The van der Waals surface area contributed by atoms with Crippen LogP contribution in [0.1, 0.15) is 23.2 Å². The third-order valence-corrected chi connectivity index (χ3v) is 7.20. The minimum atomic E-state index is -3.84. The number of ether oxygens (including phenoxy) is 2. The van der Waals surface area contributed by atoms with E-state index in [4.69, 9.17) is 9.47 Å². The summed E-state index contributed by atoms with van der Waals surface area (Å²) in [4.78, 5) is 15.2. The summed E-state index contributed by atoms with van der Waals surface area (Å²) in [6, 6.07) is 18.6.